The third kappa shape index (κ3) is 4.31. The van der Waals surface area contributed by atoms with Gasteiger partial charge in [0, 0.05) is 41.7 Å². The fourth-order valence-electron chi connectivity index (χ4n) is 4.80. The molecule has 0 aliphatic carbocycles. The van der Waals surface area contributed by atoms with Crippen LogP contribution < -0.4 is 14.2 Å². The molecule has 4 aromatic rings. The average Bonchev–Trinajstić information content (AvgIpc) is 3.34. The number of fused-ring (bicyclic) bond motifs is 2. The van der Waals surface area contributed by atoms with Crippen LogP contribution >= 0.6 is 0 Å². The van der Waals surface area contributed by atoms with E-state index in [-0.39, 0.29) is 5.91 Å². The van der Waals surface area contributed by atoms with Crippen LogP contribution in [0.1, 0.15) is 23.6 Å². The number of allylic oxidation sites excluding steroid dienone is 1. The standard InChI is InChI=1S/C30H29NO5/c1-19(13-30(32)31-12-11-20-7-5-6-8-22(20)17-31)23-15-24-25(18-36-28(24)16-27(23)34-3)21-9-10-26(33-2)29(14-21)35-4/h5-10,13-16,18H,11-12,17H2,1-4H3/b19-13+. The van der Waals surface area contributed by atoms with E-state index in [4.69, 9.17) is 18.6 Å². The Balaban J connectivity index is 1.50. The van der Waals surface area contributed by atoms with E-state index in [1.807, 2.05) is 48.2 Å². The highest BCUT2D eigenvalue weighted by Crippen LogP contribution is 2.40. The van der Waals surface area contributed by atoms with E-state index in [2.05, 4.69) is 18.2 Å². The maximum absolute atomic E-state index is 13.2. The van der Waals surface area contributed by atoms with Crippen LogP contribution in [0.4, 0.5) is 0 Å². The molecule has 1 aliphatic heterocycles. The Labute approximate surface area is 210 Å². The molecule has 0 N–H and O–H groups in total. The SMILES string of the molecule is COc1ccc(-c2coc3cc(OC)c(/C(C)=C/C(=O)N4CCc5ccccc5C4)cc23)cc1OC. The van der Waals surface area contributed by atoms with E-state index >= 15 is 0 Å². The van der Waals surface area contributed by atoms with Crippen molar-refractivity contribution in [2.45, 2.75) is 19.9 Å². The van der Waals surface area contributed by atoms with Crippen LogP contribution in [0.15, 0.2) is 71.4 Å². The van der Waals surface area contributed by atoms with E-state index in [0.29, 0.717) is 35.9 Å². The molecule has 0 fully saturated rings. The number of nitrogens with zero attached hydrogens (tertiary/aromatic N) is 1. The highest BCUT2D eigenvalue weighted by atomic mass is 16.5. The van der Waals surface area contributed by atoms with Crippen molar-refractivity contribution in [1.29, 1.82) is 0 Å². The summed E-state index contributed by atoms with van der Waals surface area (Å²) in [4.78, 5) is 15.1. The third-order valence-electron chi connectivity index (χ3n) is 6.80. The van der Waals surface area contributed by atoms with Gasteiger partial charge in [0.15, 0.2) is 11.5 Å². The van der Waals surface area contributed by atoms with Gasteiger partial charge in [0.2, 0.25) is 5.91 Å². The molecule has 184 valence electrons. The van der Waals surface area contributed by atoms with Crippen molar-refractivity contribution in [3.05, 3.63) is 83.6 Å². The zero-order valence-corrected chi connectivity index (χ0v) is 21.0. The van der Waals surface area contributed by atoms with E-state index in [9.17, 15) is 4.79 Å². The Bertz CT molecular complexity index is 1470. The van der Waals surface area contributed by atoms with Gasteiger partial charge in [0.05, 0.1) is 27.6 Å². The number of amides is 1. The molecule has 0 bridgehead atoms. The second-order valence-corrected chi connectivity index (χ2v) is 8.87. The van der Waals surface area contributed by atoms with Crippen molar-refractivity contribution in [2.24, 2.45) is 0 Å². The van der Waals surface area contributed by atoms with Gasteiger partial charge in [0.25, 0.3) is 0 Å². The van der Waals surface area contributed by atoms with Gasteiger partial charge in [-0.25, -0.2) is 0 Å². The van der Waals surface area contributed by atoms with Crippen LogP contribution in [0.3, 0.4) is 0 Å². The second kappa shape index (κ2) is 9.82. The third-order valence-corrected chi connectivity index (χ3v) is 6.80. The number of benzene rings is 3. The van der Waals surface area contributed by atoms with E-state index < -0.39 is 0 Å². The summed E-state index contributed by atoms with van der Waals surface area (Å²) in [6.45, 7) is 3.27. The van der Waals surface area contributed by atoms with E-state index in [1.54, 1.807) is 33.7 Å². The van der Waals surface area contributed by atoms with Crippen LogP contribution in [0, 0.1) is 0 Å². The summed E-state index contributed by atoms with van der Waals surface area (Å²) in [5.74, 6) is 1.95. The Kier molecular flexibility index (Phi) is 6.42. The number of carbonyl (C=O) groups is 1. The summed E-state index contributed by atoms with van der Waals surface area (Å²) >= 11 is 0. The Hall–Kier alpha value is -4.19. The monoisotopic (exact) mass is 483 g/mol. The molecule has 1 aromatic heterocycles. The first-order chi connectivity index (χ1) is 17.5. The van der Waals surface area contributed by atoms with Gasteiger partial charge in [-0.05, 0) is 53.8 Å². The first-order valence-electron chi connectivity index (χ1n) is 11.9. The van der Waals surface area contributed by atoms with Gasteiger partial charge in [-0.3, -0.25) is 4.79 Å². The van der Waals surface area contributed by atoms with Gasteiger partial charge in [0.1, 0.15) is 11.3 Å². The van der Waals surface area contributed by atoms with Gasteiger partial charge in [-0.1, -0.05) is 30.3 Å². The largest absolute Gasteiger partial charge is 0.496 e. The highest BCUT2D eigenvalue weighted by molar-refractivity contribution is 6.00. The van der Waals surface area contributed by atoms with Crippen molar-refractivity contribution < 1.29 is 23.4 Å². The summed E-state index contributed by atoms with van der Waals surface area (Å²) in [6.07, 6.45) is 4.30. The molecule has 0 unspecified atom stereocenters. The van der Waals surface area contributed by atoms with Crippen LogP contribution in [0.2, 0.25) is 0 Å². The molecule has 2 heterocycles. The Morgan fingerprint density at radius 1 is 0.917 bits per heavy atom. The quantitative estimate of drug-likeness (QED) is 0.310. The van der Waals surface area contributed by atoms with Gasteiger partial charge < -0.3 is 23.5 Å². The maximum atomic E-state index is 13.2. The molecule has 3 aromatic carbocycles. The molecular formula is C30H29NO5. The van der Waals surface area contributed by atoms with Crippen molar-refractivity contribution in [1.82, 2.24) is 4.90 Å². The predicted molar refractivity (Wildman–Crippen MR) is 141 cm³/mol. The summed E-state index contributed by atoms with van der Waals surface area (Å²) < 4.78 is 22.4. The van der Waals surface area contributed by atoms with Gasteiger partial charge in [-0.15, -0.1) is 0 Å². The highest BCUT2D eigenvalue weighted by Gasteiger charge is 2.21. The number of carbonyl (C=O) groups excluding carboxylic acids is 1. The molecule has 1 amide bonds. The lowest BCUT2D eigenvalue weighted by molar-refractivity contribution is -0.126. The number of ether oxygens (including phenoxy) is 3. The fraction of sp³-hybridized carbons (Fsp3) is 0.233. The van der Waals surface area contributed by atoms with Crippen molar-refractivity contribution >= 4 is 22.4 Å². The molecule has 36 heavy (non-hydrogen) atoms. The smallest absolute Gasteiger partial charge is 0.247 e. The average molecular weight is 484 g/mol. The summed E-state index contributed by atoms with van der Waals surface area (Å²) in [6, 6.07) is 18.0. The first-order valence-corrected chi connectivity index (χ1v) is 11.9. The number of hydrogen-bond acceptors (Lipinski definition) is 5. The number of rotatable bonds is 6. The zero-order valence-electron chi connectivity index (χ0n) is 21.0. The lowest BCUT2D eigenvalue weighted by atomic mass is 9.98. The van der Waals surface area contributed by atoms with E-state index in [1.165, 1.54) is 11.1 Å². The van der Waals surface area contributed by atoms with Crippen LogP contribution in [0.5, 0.6) is 17.2 Å². The van der Waals surface area contributed by atoms with Crippen molar-refractivity contribution in [2.75, 3.05) is 27.9 Å². The van der Waals surface area contributed by atoms with Crippen molar-refractivity contribution in [3.63, 3.8) is 0 Å². The number of hydrogen-bond donors (Lipinski definition) is 0. The van der Waals surface area contributed by atoms with E-state index in [0.717, 1.165) is 34.1 Å². The molecule has 6 nitrogen and oxygen atoms in total. The van der Waals surface area contributed by atoms with Crippen LogP contribution in [0.25, 0.3) is 27.7 Å². The molecule has 1 aliphatic rings. The normalized spacial score (nSPS) is 13.4. The number of furan rings is 1. The molecule has 0 atom stereocenters. The predicted octanol–water partition coefficient (Wildman–Crippen LogP) is 6.11. The summed E-state index contributed by atoms with van der Waals surface area (Å²) in [7, 11) is 4.85. The van der Waals surface area contributed by atoms with Crippen LogP contribution in [-0.2, 0) is 17.8 Å². The summed E-state index contributed by atoms with van der Waals surface area (Å²) in [5.41, 5.74) is 6.76. The molecule has 5 rings (SSSR count). The Morgan fingerprint density at radius 3 is 2.42 bits per heavy atom. The molecule has 0 radical (unpaired) electrons. The minimum Gasteiger partial charge on any atom is -0.496 e. The van der Waals surface area contributed by atoms with Gasteiger partial charge in [-0.2, -0.15) is 0 Å². The Morgan fingerprint density at radius 2 is 1.67 bits per heavy atom. The molecule has 0 saturated heterocycles. The molecule has 0 saturated carbocycles. The lowest BCUT2D eigenvalue weighted by Gasteiger charge is -2.28. The summed E-state index contributed by atoms with van der Waals surface area (Å²) in [5, 5.41) is 0.921. The fourth-order valence-corrected chi connectivity index (χ4v) is 4.80. The van der Waals surface area contributed by atoms with Gasteiger partial charge >= 0.3 is 0 Å². The zero-order chi connectivity index (χ0) is 25.2. The maximum Gasteiger partial charge on any atom is 0.247 e. The van der Waals surface area contributed by atoms with Crippen molar-refractivity contribution in [3.8, 4) is 28.4 Å². The number of methoxy groups -OCH3 is 3. The first kappa shape index (κ1) is 23.5. The molecular weight excluding hydrogens is 454 g/mol. The second-order valence-electron chi connectivity index (χ2n) is 8.87. The van der Waals surface area contributed by atoms with Crippen LogP contribution in [-0.4, -0.2) is 38.7 Å². The molecule has 6 heteroatoms. The minimum atomic E-state index is -0.00328. The minimum absolute atomic E-state index is 0.00328. The molecule has 0 spiro atoms. The lowest BCUT2D eigenvalue weighted by Crippen LogP contribution is -2.34. The topological polar surface area (TPSA) is 61.1 Å².